The average Bonchev–Trinajstić information content (AvgIpc) is 2.47. The number of carboxylic acids is 1. The Morgan fingerprint density at radius 1 is 1.77 bits per heavy atom. The Morgan fingerprint density at radius 2 is 2.46 bits per heavy atom. The first-order valence-electron chi connectivity index (χ1n) is 3.42. The van der Waals surface area contributed by atoms with Gasteiger partial charge in [0.05, 0.1) is 5.25 Å². The minimum absolute atomic E-state index is 0.388. The summed E-state index contributed by atoms with van der Waals surface area (Å²) < 4.78 is 0.388. The molecule has 1 heterocycles. The fourth-order valence-corrected chi connectivity index (χ4v) is 2.25. The van der Waals surface area contributed by atoms with Crippen LogP contribution in [0.3, 0.4) is 0 Å². The number of nitrogens with zero attached hydrogens (tertiary/aromatic N) is 2. The molecule has 72 valence electrons. The third-order valence-electron chi connectivity index (χ3n) is 1.25. The molecule has 13 heavy (non-hydrogen) atoms. The van der Waals surface area contributed by atoms with Crippen molar-refractivity contribution in [2.24, 2.45) is 0 Å². The largest absolute Gasteiger partial charge is 0.480 e. The number of carboxylic acid groups (broad SMARTS) is 1. The van der Waals surface area contributed by atoms with Crippen LogP contribution in [0, 0.1) is 0 Å². The molecule has 1 unspecified atom stereocenters. The van der Waals surface area contributed by atoms with Crippen LogP contribution in [0.25, 0.3) is 0 Å². The fraction of sp³-hybridized carbons (Fsp3) is 0.500. The summed E-state index contributed by atoms with van der Waals surface area (Å²) in [6.07, 6.45) is 0. The zero-order valence-corrected chi connectivity index (χ0v) is 9.12. The third-order valence-corrected chi connectivity index (χ3v) is 3.59. The van der Waals surface area contributed by atoms with Gasteiger partial charge in [0, 0.05) is 5.75 Å². The van der Waals surface area contributed by atoms with E-state index < -0.39 is 11.2 Å². The van der Waals surface area contributed by atoms with E-state index in [0.29, 0.717) is 10.2 Å². The van der Waals surface area contributed by atoms with Crippen LogP contribution in [-0.4, -0.2) is 26.5 Å². The Balaban J connectivity index is 2.39. The first-order chi connectivity index (χ1) is 6.09. The molecule has 0 fully saturated rings. The molecule has 0 saturated carbocycles. The van der Waals surface area contributed by atoms with Crippen molar-refractivity contribution in [3.8, 4) is 0 Å². The number of rotatable bonds is 4. The molecule has 1 rings (SSSR count). The van der Waals surface area contributed by atoms with Crippen LogP contribution in [0.4, 0.5) is 0 Å². The Labute approximate surface area is 88.3 Å². The molecule has 4 nitrogen and oxygen atoms in total. The third kappa shape index (κ3) is 3.50. The van der Waals surface area contributed by atoms with Gasteiger partial charge in [-0.2, -0.15) is 0 Å². The second kappa shape index (κ2) is 4.78. The lowest BCUT2D eigenvalue weighted by molar-refractivity contribution is -0.136. The SMILES string of the molecule is CC(SCc1nnc(Cl)s1)C(=O)O. The highest BCUT2D eigenvalue weighted by Gasteiger charge is 2.12. The number of halogens is 1. The molecule has 0 aliphatic heterocycles. The summed E-state index contributed by atoms with van der Waals surface area (Å²) in [5.41, 5.74) is 0. The van der Waals surface area contributed by atoms with Crippen molar-refractivity contribution >= 4 is 40.7 Å². The molecule has 0 aliphatic rings. The molecule has 0 amide bonds. The highest BCUT2D eigenvalue weighted by Crippen LogP contribution is 2.22. The minimum Gasteiger partial charge on any atom is -0.480 e. The second-order valence-corrected chi connectivity index (χ2v) is 5.21. The molecule has 0 aliphatic carbocycles. The molecule has 7 heteroatoms. The van der Waals surface area contributed by atoms with E-state index >= 15 is 0 Å². The van der Waals surface area contributed by atoms with E-state index in [-0.39, 0.29) is 0 Å². The number of aromatic nitrogens is 2. The monoisotopic (exact) mass is 238 g/mol. The highest BCUT2D eigenvalue weighted by atomic mass is 35.5. The fourth-order valence-electron chi connectivity index (χ4n) is 0.559. The van der Waals surface area contributed by atoms with Crippen LogP contribution < -0.4 is 0 Å². The lowest BCUT2D eigenvalue weighted by Gasteiger charge is -2.02. The van der Waals surface area contributed by atoms with E-state index in [1.54, 1.807) is 6.92 Å². The molecule has 0 bridgehead atoms. The van der Waals surface area contributed by atoms with Gasteiger partial charge < -0.3 is 5.11 Å². The second-order valence-electron chi connectivity index (χ2n) is 2.24. The Hall–Kier alpha value is -0.330. The molecule has 0 saturated heterocycles. The summed E-state index contributed by atoms with van der Waals surface area (Å²) in [6, 6.07) is 0. The van der Waals surface area contributed by atoms with E-state index in [2.05, 4.69) is 10.2 Å². The summed E-state index contributed by atoms with van der Waals surface area (Å²) in [5, 5.41) is 16.3. The van der Waals surface area contributed by atoms with Crippen LogP contribution in [0.5, 0.6) is 0 Å². The summed E-state index contributed by atoms with van der Waals surface area (Å²) >= 11 is 8.13. The highest BCUT2D eigenvalue weighted by molar-refractivity contribution is 7.99. The first-order valence-corrected chi connectivity index (χ1v) is 5.66. The van der Waals surface area contributed by atoms with Gasteiger partial charge in [-0.1, -0.05) is 11.3 Å². The number of thioether (sulfide) groups is 1. The lowest BCUT2D eigenvalue weighted by atomic mass is 10.5. The molecule has 1 N–H and O–H groups in total. The standard InChI is InChI=1S/C6H7ClN2O2S2/c1-3(5(10)11)12-2-4-8-9-6(7)13-4/h3H,2H2,1H3,(H,10,11). The van der Waals surface area contributed by atoms with Crippen molar-refractivity contribution in [3.63, 3.8) is 0 Å². The topological polar surface area (TPSA) is 63.1 Å². The van der Waals surface area contributed by atoms with Crippen molar-refractivity contribution < 1.29 is 9.90 Å². The summed E-state index contributed by atoms with van der Waals surface area (Å²) in [4.78, 5) is 10.4. The van der Waals surface area contributed by atoms with Gasteiger partial charge >= 0.3 is 5.97 Å². The Bertz CT molecular complexity index is 305. The van der Waals surface area contributed by atoms with Crippen molar-refractivity contribution in [1.82, 2.24) is 10.2 Å². The average molecular weight is 239 g/mol. The normalized spacial score (nSPS) is 12.8. The molecule has 0 aromatic carbocycles. The van der Waals surface area contributed by atoms with E-state index in [1.165, 1.54) is 23.1 Å². The summed E-state index contributed by atoms with van der Waals surface area (Å²) in [6.45, 7) is 1.63. The van der Waals surface area contributed by atoms with Gasteiger partial charge in [0.25, 0.3) is 0 Å². The minimum atomic E-state index is -0.819. The first kappa shape index (κ1) is 10.7. The molecular formula is C6H7ClN2O2S2. The van der Waals surface area contributed by atoms with E-state index in [4.69, 9.17) is 16.7 Å². The van der Waals surface area contributed by atoms with E-state index in [9.17, 15) is 4.79 Å². The maximum Gasteiger partial charge on any atom is 0.316 e. The maximum atomic E-state index is 10.4. The summed E-state index contributed by atoms with van der Waals surface area (Å²) in [7, 11) is 0. The predicted octanol–water partition coefficient (Wildman–Crippen LogP) is 1.90. The quantitative estimate of drug-likeness (QED) is 0.868. The van der Waals surface area contributed by atoms with Gasteiger partial charge in [-0.05, 0) is 18.5 Å². The van der Waals surface area contributed by atoms with Crippen LogP contribution in [-0.2, 0) is 10.5 Å². The van der Waals surface area contributed by atoms with Crippen molar-refractivity contribution in [2.45, 2.75) is 17.9 Å². The number of hydrogen-bond donors (Lipinski definition) is 1. The molecule has 1 aromatic rings. The number of carbonyl (C=O) groups is 1. The van der Waals surface area contributed by atoms with Crippen molar-refractivity contribution in [3.05, 3.63) is 9.47 Å². The van der Waals surface area contributed by atoms with Gasteiger partial charge in [-0.3, -0.25) is 4.79 Å². The van der Waals surface area contributed by atoms with Crippen molar-refractivity contribution in [1.29, 1.82) is 0 Å². The smallest absolute Gasteiger partial charge is 0.316 e. The lowest BCUT2D eigenvalue weighted by Crippen LogP contribution is -2.11. The van der Waals surface area contributed by atoms with Crippen molar-refractivity contribution in [2.75, 3.05) is 0 Å². The van der Waals surface area contributed by atoms with E-state index in [1.807, 2.05) is 0 Å². The zero-order chi connectivity index (χ0) is 9.84. The molecular weight excluding hydrogens is 232 g/mol. The van der Waals surface area contributed by atoms with Gasteiger partial charge in [-0.25, -0.2) is 0 Å². The Morgan fingerprint density at radius 3 is 2.92 bits per heavy atom. The van der Waals surface area contributed by atoms with Gasteiger partial charge in [-0.15, -0.1) is 22.0 Å². The maximum absolute atomic E-state index is 10.4. The van der Waals surface area contributed by atoms with Gasteiger partial charge in [0.15, 0.2) is 0 Å². The molecule has 0 radical (unpaired) electrons. The van der Waals surface area contributed by atoms with E-state index in [0.717, 1.165) is 5.01 Å². The number of aliphatic carboxylic acids is 1. The molecule has 1 aromatic heterocycles. The predicted molar refractivity (Wildman–Crippen MR) is 53.3 cm³/mol. The zero-order valence-electron chi connectivity index (χ0n) is 6.73. The van der Waals surface area contributed by atoms with Crippen LogP contribution >= 0.6 is 34.7 Å². The molecule has 1 atom stereocenters. The van der Waals surface area contributed by atoms with Crippen LogP contribution in [0.15, 0.2) is 0 Å². The number of hydrogen-bond acceptors (Lipinski definition) is 5. The molecule has 0 spiro atoms. The van der Waals surface area contributed by atoms with Crippen LogP contribution in [0.2, 0.25) is 4.47 Å². The Kier molecular flexibility index (Phi) is 3.95. The van der Waals surface area contributed by atoms with Crippen LogP contribution in [0.1, 0.15) is 11.9 Å². The summed E-state index contributed by atoms with van der Waals surface area (Å²) in [5.74, 6) is -0.279. The van der Waals surface area contributed by atoms with Gasteiger partial charge in [0.1, 0.15) is 5.01 Å². The van der Waals surface area contributed by atoms with Gasteiger partial charge in [0.2, 0.25) is 4.47 Å².